The van der Waals surface area contributed by atoms with Crippen molar-refractivity contribution < 1.29 is 4.79 Å². The Morgan fingerprint density at radius 2 is 1.96 bits per heavy atom. The number of amides is 2. The van der Waals surface area contributed by atoms with E-state index in [-0.39, 0.29) is 6.03 Å². The number of urea groups is 1. The first kappa shape index (κ1) is 16.4. The van der Waals surface area contributed by atoms with Crippen LogP contribution in [0.5, 0.6) is 0 Å². The molecule has 2 heterocycles. The lowest BCUT2D eigenvalue weighted by Crippen LogP contribution is -2.30. The van der Waals surface area contributed by atoms with Gasteiger partial charge in [0.05, 0.1) is 16.4 Å². The lowest BCUT2D eigenvalue weighted by atomic mass is 10.3. The van der Waals surface area contributed by atoms with E-state index in [1.807, 2.05) is 23.6 Å². The number of hydrogen-bond acceptors (Lipinski definition) is 4. The standard InChI is InChI=1S/C17H15ClN4OS/c18-12-4-6-13(7-5-12)21-17(23)20-10-8-16-22-15(11-24-16)14-3-1-2-9-19-14/h1-7,9,11H,8,10H2,(H2,20,21,23). The first-order chi connectivity index (χ1) is 11.7. The maximum absolute atomic E-state index is 11.8. The van der Waals surface area contributed by atoms with Crippen LogP contribution in [0.2, 0.25) is 5.02 Å². The van der Waals surface area contributed by atoms with Crippen molar-refractivity contribution in [3.8, 4) is 11.4 Å². The number of carbonyl (C=O) groups excluding carboxylic acids is 1. The lowest BCUT2D eigenvalue weighted by molar-refractivity contribution is 0.252. The zero-order valence-corrected chi connectivity index (χ0v) is 14.3. The van der Waals surface area contributed by atoms with Crippen LogP contribution in [0, 0.1) is 0 Å². The van der Waals surface area contributed by atoms with Crippen molar-refractivity contribution in [2.75, 3.05) is 11.9 Å². The molecule has 0 aliphatic heterocycles. The van der Waals surface area contributed by atoms with Crippen molar-refractivity contribution >= 4 is 34.7 Å². The maximum atomic E-state index is 11.8. The predicted molar refractivity (Wildman–Crippen MR) is 97.5 cm³/mol. The van der Waals surface area contributed by atoms with Crippen LogP contribution in [0.25, 0.3) is 11.4 Å². The molecule has 0 aliphatic carbocycles. The van der Waals surface area contributed by atoms with Gasteiger partial charge < -0.3 is 10.6 Å². The molecule has 7 heteroatoms. The molecule has 0 saturated heterocycles. The number of nitrogens with one attached hydrogen (secondary N) is 2. The minimum absolute atomic E-state index is 0.251. The van der Waals surface area contributed by atoms with Gasteiger partial charge in [-0.05, 0) is 36.4 Å². The number of nitrogens with zero attached hydrogens (tertiary/aromatic N) is 2. The Morgan fingerprint density at radius 1 is 1.12 bits per heavy atom. The van der Waals surface area contributed by atoms with E-state index >= 15 is 0 Å². The maximum Gasteiger partial charge on any atom is 0.319 e. The summed E-state index contributed by atoms with van der Waals surface area (Å²) in [4.78, 5) is 20.7. The average molecular weight is 359 g/mol. The molecule has 2 amide bonds. The monoisotopic (exact) mass is 358 g/mol. The fraction of sp³-hybridized carbons (Fsp3) is 0.118. The summed E-state index contributed by atoms with van der Waals surface area (Å²) < 4.78 is 0. The highest BCUT2D eigenvalue weighted by molar-refractivity contribution is 7.09. The molecule has 122 valence electrons. The molecule has 0 unspecified atom stereocenters. The molecule has 0 bridgehead atoms. The molecule has 24 heavy (non-hydrogen) atoms. The van der Waals surface area contributed by atoms with E-state index in [1.54, 1.807) is 41.8 Å². The van der Waals surface area contributed by atoms with Gasteiger partial charge in [0.15, 0.2) is 0 Å². The largest absolute Gasteiger partial charge is 0.337 e. The number of benzene rings is 1. The molecule has 1 aromatic carbocycles. The normalized spacial score (nSPS) is 10.4. The second-order valence-corrected chi connectivity index (χ2v) is 6.36. The number of rotatable bonds is 5. The van der Waals surface area contributed by atoms with Crippen LogP contribution in [-0.4, -0.2) is 22.5 Å². The van der Waals surface area contributed by atoms with E-state index in [0.717, 1.165) is 16.4 Å². The van der Waals surface area contributed by atoms with Crippen LogP contribution in [0.15, 0.2) is 54.0 Å². The molecular formula is C17H15ClN4OS. The van der Waals surface area contributed by atoms with Gasteiger partial charge >= 0.3 is 6.03 Å². The van der Waals surface area contributed by atoms with Gasteiger partial charge in [0.1, 0.15) is 0 Å². The van der Waals surface area contributed by atoms with Gasteiger partial charge in [-0.2, -0.15) is 0 Å². The van der Waals surface area contributed by atoms with Crippen LogP contribution < -0.4 is 10.6 Å². The van der Waals surface area contributed by atoms with E-state index in [2.05, 4.69) is 20.6 Å². The Labute approximate surface area is 148 Å². The van der Waals surface area contributed by atoms with E-state index in [9.17, 15) is 4.79 Å². The highest BCUT2D eigenvalue weighted by Gasteiger charge is 2.06. The van der Waals surface area contributed by atoms with Gasteiger partial charge in [-0.3, -0.25) is 4.98 Å². The van der Waals surface area contributed by atoms with Crippen LogP contribution in [0.1, 0.15) is 5.01 Å². The molecule has 0 aliphatic rings. The van der Waals surface area contributed by atoms with Crippen molar-refractivity contribution in [1.82, 2.24) is 15.3 Å². The third kappa shape index (κ3) is 4.53. The van der Waals surface area contributed by atoms with Gasteiger partial charge in [0.2, 0.25) is 0 Å². The smallest absolute Gasteiger partial charge is 0.319 e. The van der Waals surface area contributed by atoms with Gasteiger partial charge in [-0.15, -0.1) is 11.3 Å². The van der Waals surface area contributed by atoms with Crippen molar-refractivity contribution in [3.63, 3.8) is 0 Å². The van der Waals surface area contributed by atoms with Crippen molar-refractivity contribution in [3.05, 3.63) is 64.1 Å². The van der Waals surface area contributed by atoms with Crippen LogP contribution in [-0.2, 0) is 6.42 Å². The highest BCUT2D eigenvalue weighted by Crippen LogP contribution is 2.19. The zero-order chi connectivity index (χ0) is 16.8. The number of anilines is 1. The van der Waals surface area contributed by atoms with Crippen LogP contribution in [0.3, 0.4) is 0 Å². The average Bonchev–Trinajstić information content (AvgIpc) is 3.07. The quantitative estimate of drug-likeness (QED) is 0.717. The molecule has 3 aromatic rings. The fourth-order valence-electron chi connectivity index (χ4n) is 2.05. The van der Waals surface area contributed by atoms with E-state index in [0.29, 0.717) is 23.7 Å². The summed E-state index contributed by atoms with van der Waals surface area (Å²) in [6, 6.07) is 12.4. The molecule has 5 nitrogen and oxygen atoms in total. The Hall–Kier alpha value is -2.44. The first-order valence-corrected chi connectivity index (χ1v) is 8.63. The molecule has 3 rings (SSSR count). The first-order valence-electron chi connectivity index (χ1n) is 7.37. The zero-order valence-electron chi connectivity index (χ0n) is 12.7. The minimum atomic E-state index is -0.251. The summed E-state index contributed by atoms with van der Waals surface area (Å²) >= 11 is 7.37. The summed E-state index contributed by atoms with van der Waals surface area (Å²) in [6.45, 7) is 0.509. The molecule has 0 atom stereocenters. The number of carbonyl (C=O) groups is 1. The third-order valence-corrected chi connectivity index (χ3v) is 4.37. The fourth-order valence-corrected chi connectivity index (χ4v) is 2.97. The number of aromatic nitrogens is 2. The Kier molecular flexibility index (Phi) is 5.40. The Morgan fingerprint density at radius 3 is 2.71 bits per heavy atom. The summed E-state index contributed by atoms with van der Waals surface area (Å²) in [6.07, 6.45) is 2.42. The van der Waals surface area contributed by atoms with Crippen LogP contribution >= 0.6 is 22.9 Å². The number of thiazole rings is 1. The Balaban J connectivity index is 1.47. The topological polar surface area (TPSA) is 66.9 Å². The summed E-state index contributed by atoms with van der Waals surface area (Å²) in [7, 11) is 0. The number of halogens is 1. The summed E-state index contributed by atoms with van der Waals surface area (Å²) in [5.74, 6) is 0. The summed E-state index contributed by atoms with van der Waals surface area (Å²) in [5, 5.41) is 9.13. The predicted octanol–water partition coefficient (Wildman–Crippen LogP) is 4.22. The lowest BCUT2D eigenvalue weighted by Gasteiger charge is -2.06. The summed E-state index contributed by atoms with van der Waals surface area (Å²) in [5.41, 5.74) is 2.42. The van der Waals surface area contributed by atoms with Gasteiger partial charge in [0.25, 0.3) is 0 Å². The number of hydrogen-bond donors (Lipinski definition) is 2. The van der Waals surface area contributed by atoms with Crippen molar-refractivity contribution in [2.24, 2.45) is 0 Å². The number of pyridine rings is 1. The van der Waals surface area contributed by atoms with Crippen LogP contribution in [0.4, 0.5) is 10.5 Å². The molecule has 0 spiro atoms. The molecule has 0 radical (unpaired) electrons. The molecule has 0 fully saturated rings. The third-order valence-electron chi connectivity index (χ3n) is 3.21. The minimum Gasteiger partial charge on any atom is -0.337 e. The van der Waals surface area contributed by atoms with E-state index in [1.165, 1.54) is 0 Å². The molecule has 2 N–H and O–H groups in total. The molecule has 2 aromatic heterocycles. The second-order valence-electron chi connectivity index (χ2n) is 4.98. The van der Waals surface area contributed by atoms with Crippen molar-refractivity contribution in [2.45, 2.75) is 6.42 Å². The van der Waals surface area contributed by atoms with Gasteiger partial charge in [0, 0.05) is 35.3 Å². The van der Waals surface area contributed by atoms with Gasteiger partial charge in [-0.1, -0.05) is 17.7 Å². The van der Waals surface area contributed by atoms with E-state index in [4.69, 9.17) is 11.6 Å². The Bertz CT molecular complexity index is 805. The molecular weight excluding hydrogens is 344 g/mol. The van der Waals surface area contributed by atoms with E-state index < -0.39 is 0 Å². The molecule has 0 saturated carbocycles. The highest BCUT2D eigenvalue weighted by atomic mass is 35.5. The van der Waals surface area contributed by atoms with Crippen molar-refractivity contribution in [1.29, 1.82) is 0 Å². The SMILES string of the molecule is O=C(NCCc1nc(-c2ccccn2)cs1)Nc1ccc(Cl)cc1. The van der Waals surface area contributed by atoms with Gasteiger partial charge in [-0.25, -0.2) is 9.78 Å². The second kappa shape index (κ2) is 7.90.